The number of benzene rings is 2. The van der Waals surface area contributed by atoms with Gasteiger partial charge in [-0.2, -0.15) is 5.10 Å². The largest absolute Gasteiger partial charge is 0.385 e. The summed E-state index contributed by atoms with van der Waals surface area (Å²) in [6, 6.07) is 19.4. The van der Waals surface area contributed by atoms with E-state index < -0.39 is 5.60 Å². The number of piperazine rings is 1. The van der Waals surface area contributed by atoms with Gasteiger partial charge in [-0.15, -0.1) is 0 Å². The summed E-state index contributed by atoms with van der Waals surface area (Å²) in [5, 5.41) is 16.7. The van der Waals surface area contributed by atoms with Crippen molar-refractivity contribution in [2.45, 2.75) is 38.7 Å². The Bertz CT molecular complexity index is 1520. The second-order valence-corrected chi connectivity index (χ2v) is 12.5. The molecule has 2 aromatic heterocycles. The minimum Gasteiger partial charge on any atom is -0.385 e. The summed E-state index contributed by atoms with van der Waals surface area (Å²) in [5.74, 6) is 1.48. The fraction of sp³-hybridized carbons (Fsp3) is 0.424. The van der Waals surface area contributed by atoms with Crippen molar-refractivity contribution in [2.75, 3.05) is 50.7 Å². The van der Waals surface area contributed by atoms with Crippen molar-refractivity contribution in [2.24, 2.45) is 5.92 Å². The molecule has 1 N–H and O–H groups in total. The zero-order valence-electron chi connectivity index (χ0n) is 24.4. The number of hydrogen-bond acceptors (Lipinski definition) is 6. The van der Waals surface area contributed by atoms with Gasteiger partial charge in [-0.25, -0.2) is 9.50 Å². The number of nitrogens with zero attached hydrogens (tertiary/aromatic N) is 6. The van der Waals surface area contributed by atoms with Crippen LogP contribution >= 0.6 is 11.6 Å². The van der Waals surface area contributed by atoms with Gasteiger partial charge in [0.2, 0.25) is 0 Å². The Morgan fingerprint density at radius 2 is 1.64 bits per heavy atom. The Labute approximate surface area is 252 Å². The van der Waals surface area contributed by atoms with Crippen LogP contribution in [-0.2, 0) is 12.0 Å². The number of aromatic nitrogens is 3. The molecule has 2 aromatic carbocycles. The van der Waals surface area contributed by atoms with E-state index in [4.69, 9.17) is 21.7 Å². The Kier molecular flexibility index (Phi) is 8.21. The minimum atomic E-state index is -0.860. The van der Waals surface area contributed by atoms with Crippen LogP contribution < -0.4 is 4.90 Å². The zero-order valence-corrected chi connectivity index (χ0v) is 25.2. The highest BCUT2D eigenvalue weighted by atomic mass is 35.5. The van der Waals surface area contributed by atoms with Crippen molar-refractivity contribution >= 4 is 28.8 Å². The molecule has 8 nitrogen and oxygen atoms in total. The molecule has 2 saturated heterocycles. The van der Waals surface area contributed by atoms with Crippen LogP contribution in [0.15, 0.2) is 66.9 Å². The van der Waals surface area contributed by atoms with E-state index in [0.29, 0.717) is 43.3 Å². The SMILES string of the molecule is CC(C)CN1CCN(C(=O)c2ccc(Cc3nc4c(N5CCC(O)(c6ccc(Cl)cc6)CC5)cccn4n3)cc2)CC1. The number of pyridine rings is 1. The third-order valence-electron chi connectivity index (χ3n) is 8.54. The molecule has 0 saturated carbocycles. The number of hydrogen-bond donors (Lipinski definition) is 1. The fourth-order valence-electron chi connectivity index (χ4n) is 6.20. The number of piperidine rings is 1. The number of carbonyl (C=O) groups excluding carboxylic acids is 1. The smallest absolute Gasteiger partial charge is 0.253 e. The van der Waals surface area contributed by atoms with Gasteiger partial charge >= 0.3 is 0 Å². The molecule has 0 radical (unpaired) electrons. The van der Waals surface area contributed by atoms with E-state index in [1.807, 2.05) is 70.2 Å². The van der Waals surface area contributed by atoms with Gasteiger partial charge in [0, 0.05) is 69.0 Å². The molecule has 2 aliphatic rings. The van der Waals surface area contributed by atoms with Crippen molar-refractivity contribution < 1.29 is 9.90 Å². The van der Waals surface area contributed by atoms with Gasteiger partial charge in [0.05, 0.1) is 11.3 Å². The maximum absolute atomic E-state index is 13.1. The molecule has 42 heavy (non-hydrogen) atoms. The lowest BCUT2D eigenvalue weighted by Crippen LogP contribution is -2.49. The molecule has 0 unspecified atom stereocenters. The average molecular weight is 587 g/mol. The Hall–Kier alpha value is -3.46. The van der Waals surface area contributed by atoms with E-state index in [-0.39, 0.29) is 5.91 Å². The Morgan fingerprint density at radius 3 is 2.31 bits per heavy atom. The van der Waals surface area contributed by atoms with E-state index >= 15 is 0 Å². The molecule has 0 spiro atoms. The van der Waals surface area contributed by atoms with Crippen LogP contribution in [-0.4, -0.2) is 81.2 Å². The molecule has 1 amide bonds. The monoisotopic (exact) mass is 586 g/mol. The number of aliphatic hydroxyl groups is 1. The molecule has 0 atom stereocenters. The second-order valence-electron chi connectivity index (χ2n) is 12.1. The van der Waals surface area contributed by atoms with E-state index in [9.17, 15) is 9.90 Å². The standard InChI is InChI=1S/C33H39ClN6O2/c1-24(2)23-37-18-20-39(21-19-37)32(41)26-7-5-25(6-8-26)22-30-35-31-29(4-3-15-40(31)36-30)38-16-13-33(42,14-17-38)27-9-11-28(34)12-10-27/h3-12,15,24,42H,13-14,16-23H2,1-2H3. The third-order valence-corrected chi connectivity index (χ3v) is 8.80. The van der Waals surface area contributed by atoms with Crippen LogP contribution in [0.5, 0.6) is 0 Å². The molecule has 2 fully saturated rings. The van der Waals surface area contributed by atoms with E-state index in [1.165, 1.54) is 0 Å². The molecule has 0 bridgehead atoms. The van der Waals surface area contributed by atoms with Gasteiger partial charge in [-0.3, -0.25) is 9.69 Å². The first-order chi connectivity index (χ1) is 20.3. The van der Waals surface area contributed by atoms with Crippen molar-refractivity contribution in [3.63, 3.8) is 0 Å². The van der Waals surface area contributed by atoms with Crippen LogP contribution in [0.1, 0.15) is 54.0 Å². The van der Waals surface area contributed by atoms with E-state index in [2.05, 4.69) is 29.7 Å². The fourth-order valence-corrected chi connectivity index (χ4v) is 6.33. The molecule has 220 valence electrons. The summed E-state index contributed by atoms with van der Waals surface area (Å²) in [6.45, 7) is 10.4. The van der Waals surface area contributed by atoms with Gasteiger partial charge < -0.3 is 14.9 Å². The van der Waals surface area contributed by atoms with Crippen molar-refractivity contribution in [1.82, 2.24) is 24.4 Å². The first-order valence-electron chi connectivity index (χ1n) is 15.0. The van der Waals surface area contributed by atoms with Gasteiger partial charge in [-0.1, -0.05) is 49.7 Å². The summed E-state index contributed by atoms with van der Waals surface area (Å²) < 4.78 is 1.83. The molecule has 4 heterocycles. The van der Waals surface area contributed by atoms with Gasteiger partial charge in [0.25, 0.3) is 5.91 Å². The van der Waals surface area contributed by atoms with Crippen LogP contribution in [0, 0.1) is 5.92 Å². The van der Waals surface area contributed by atoms with E-state index in [0.717, 1.165) is 66.6 Å². The van der Waals surface area contributed by atoms with Gasteiger partial charge in [0.15, 0.2) is 11.5 Å². The van der Waals surface area contributed by atoms with Gasteiger partial charge in [0.1, 0.15) is 0 Å². The van der Waals surface area contributed by atoms with Crippen LogP contribution in [0.4, 0.5) is 5.69 Å². The number of amides is 1. The zero-order chi connectivity index (χ0) is 29.3. The highest BCUT2D eigenvalue weighted by Crippen LogP contribution is 2.36. The van der Waals surface area contributed by atoms with Crippen LogP contribution in [0.3, 0.4) is 0 Å². The molecular formula is C33H39ClN6O2. The predicted molar refractivity (Wildman–Crippen MR) is 166 cm³/mol. The van der Waals surface area contributed by atoms with Crippen molar-refractivity contribution in [1.29, 1.82) is 0 Å². The van der Waals surface area contributed by atoms with Gasteiger partial charge in [-0.05, 0) is 66.3 Å². The summed E-state index contributed by atoms with van der Waals surface area (Å²) in [4.78, 5) is 24.7. The highest BCUT2D eigenvalue weighted by molar-refractivity contribution is 6.30. The second kappa shape index (κ2) is 12.0. The number of halogens is 1. The summed E-state index contributed by atoms with van der Waals surface area (Å²) in [5.41, 5.74) is 3.67. The number of anilines is 1. The molecule has 6 rings (SSSR count). The first-order valence-corrected chi connectivity index (χ1v) is 15.3. The Balaban J connectivity index is 1.09. The number of fused-ring (bicyclic) bond motifs is 1. The predicted octanol–water partition coefficient (Wildman–Crippen LogP) is 4.88. The summed E-state index contributed by atoms with van der Waals surface area (Å²) >= 11 is 6.05. The average Bonchev–Trinajstić information content (AvgIpc) is 3.41. The maximum Gasteiger partial charge on any atom is 0.253 e. The molecular weight excluding hydrogens is 548 g/mol. The van der Waals surface area contributed by atoms with E-state index in [1.54, 1.807) is 0 Å². The maximum atomic E-state index is 13.1. The molecule has 4 aromatic rings. The first kappa shape index (κ1) is 28.6. The molecule has 9 heteroatoms. The normalized spacial score (nSPS) is 17.7. The van der Waals surface area contributed by atoms with Crippen molar-refractivity contribution in [3.8, 4) is 0 Å². The lowest BCUT2D eigenvalue weighted by atomic mass is 9.84. The summed E-state index contributed by atoms with van der Waals surface area (Å²) in [6.07, 6.45) is 3.75. The van der Waals surface area contributed by atoms with Crippen molar-refractivity contribution in [3.05, 3.63) is 94.4 Å². The van der Waals surface area contributed by atoms with Crippen LogP contribution in [0.2, 0.25) is 5.02 Å². The lowest BCUT2D eigenvalue weighted by molar-refractivity contribution is 0.0118. The third kappa shape index (κ3) is 6.16. The minimum absolute atomic E-state index is 0.103. The quantitative estimate of drug-likeness (QED) is 0.333. The molecule has 0 aliphatic carbocycles. The molecule has 2 aliphatic heterocycles. The summed E-state index contributed by atoms with van der Waals surface area (Å²) in [7, 11) is 0. The number of rotatable bonds is 7. The highest BCUT2D eigenvalue weighted by Gasteiger charge is 2.34. The number of carbonyl (C=O) groups is 1. The lowest BCUT2D eigenvalue weighted by Gasteiger charge is -2.39. The topological polar surface area (TPSA) is 77.2 Å². The van der Waals surface area contributed by atoms with Crippen LogP contribution in [0.25, 0.3) is 5.65 Å². The Morgan fingerprint density at radius 1 is 0.952 bits per heavy atom.